The van der Waals surface area contributed by atoms with Crippen molar-refractivity contribution in [3.63, 3.8) is 0 Å². The van der Waals surface area contributed by atoms with Crippen LogP contribution < -0.4 is 0 Å². The van der Waals surface area contributed by atoms with Gasteiger partial charge in [0.05, 0.1) is 13.0 Å². The third kappa shape index (κ3) is 5.92. The smallest absolute Gasteiger partial charge is 0.346 e. The Morgan fingerprint density at radius 1 is 1.06 bits per heavy atom. The molecule has 4 atom stereocenters. The summed E-state index contributed by atoms with van der Waals surface area (Å²) in [5, 5.41) is 0.0195. The zero-order chi connectivity index (χ0) is 24.9. The summed E-state index contributed by atoms with van der Waals surface area (Å²) in [5.74, 6) is -0.878. The minimum atomic E-state index is -0.452. The highest BCUT2D eigenvalue weighted by atomic mass is 32.2. The molecular weight excluding hydrogens is 466 g/mol. The SMILES string of the molecule is COC(=O)C1=C(N(C(=O)C2CC[C@@H](C)C[C@@H]2OC(C)=O)C2CCOCC2)CC(c2ccccc2)S1. The number of ether oxygens (including phenoxy) is 3. The Morgan fingerprint density at radius 2 is 1.77 bits per heavy atom. The van der Waals surface area contributed by atoms with E-state index in [1.54, 1.807) is 0 Å². The molecule has 3 aliphatic rings. The van der Waals surface area contributed by atoms with E-state index in [1.807, 2.05) is 23.1 Å². The van der Waals surface area contributed by atoms with Crippen molar-refractivity contribution < 1.29 is 28.6 Å². The van der Waals surface area contributed by atoms with E-state index in [-0.39, 0.29) is 23.2 Å². The van der Waals surface area contributed by atoms with Crippen molar-refractivity contribution in [3.05, 3.63) is 46.5 Å². The molecule has 0 spiro atoms. The molecule has 1 aromatic carbocycles. The molecule has 2 aliphatic heterocycles. The van der Waals surface area contributed by atoms with Crippen LogP contribution >= 0.6 is 11.8 Å². The molecule has 1 saturated carbocycles. The summed E-state index contributed by atoms with van der Waals surface area (Å²) in [6.45, 7) is 4.66. The maximum Gasteiger partial charge on any atom is 0.346 e. The maximum atomic E-state index is 14.3. The van der Waals surface area contributed by atoms with Crippen molar-refractivity contribution >= 4 is 29.6 Å². The lowest BCUT2D eigenvalue weighted by Gasteiger charge is -2.41. The van der Waals surface area contributed by atoms with Gasteiger partial charge in [-0.15, -0.1) is 11.8 Å². The van der Waals surface area contributed by atoms with Gasteiger partial charge < -0.3 is 19.1 Å². The molecule has 4 rings (SSSR count). The predicted molar refractivity (Wildman–Crippen MR) is 133 cm³/mol. The van der Waals surface area contributed by atoms with E-state index in [4.69, 9.17) is 14.2 Å². The lowest BCUT2D eigenvalue weighted by molar-refractivity contribution is -0.158. The molecule has 1 saturated heterocycles. The second kappa shape index (κ2) is 11.6. The van der Waals surface area contributed by atoms with Crippen LogP contribution in [0.1, 0.15) is 63.2 Å². The number of rotatable bonds is 6. The zero-order valence-electron chi connectivity index (χ0n) is 20.7. The Labute approximate surface area is 211 Å². The second-order valence-electron chi connectivity index (χ2n) is 9.71. The Kier molecular flexibility index (Phi) is 8.55. The fourth-order valence-corrected chi connectivity index (χ4v) is 6.77. The number of carbonyl (C=O) groups is 3. The zero-order valence-corrected chi connectivity index (χ0v) is 21.6. The summed E-state index contributed by atoms with van der Waals surface area (Å²) < 4.78 is 16.4. The molecular formula is C27H35NO6S. The minimum absolute atomic E-state index is 0.0195. The molecule has 0 N–H and O–H groups in total. The van der Waals surface area contributed by atoms with Gasteiger partial charge in [0.25, 0.3) is 0 Å². The van der Waals surface area contributed by atoms with Crippen LogP contribution in [-0.2, 0) is 28.6 Å². The number of nitrogens with zero attached hydrogens (tertiary/aromatic N) is 1. The molecule has 8 heteroatoms. The summed E-state index contributed by atoms with van der Waals surface area (Å²) in [7, 11) is 1.38. The van der Waals surface area contributed by atoms with Gasteiger partial charge in [0.1, 0.15) is 11.0 Å². The summed E-state index contributed by atoms with van der Waals surface area (Å²) in [5.41, 5.74) is 1.84. The number of hydrogen-bond donors (Lipinski definition) is 0. The van der Waals surface area contributed by atoms with Gasteiger partial charge in [-0.3, -0.25) is 9.59 Å². The van der Waals surface area contributed by atoms with E-state index < -0.39 is 18.0 Å². The number of amides is 1. The fraction of sp³-hybridized carbons (Fsp3) is 0.593. The largest absolute Gasteiger partial charge is 0.465 e. The highest BCUT2D eigenvalue weighted by molar-refractivity contribution is 8.04. The van der Waals surface area contributed by atoms with Crippen molar-refractivity contribution in [2.24, 2.45) is 11.8 Å². The maximum absolute atomic E-state index is 14.3. The minimum Gasteiger partial charge on any atom is -0.465 e. The molecule has 7 nitrogen and oxygen atoms in total. The topological polar surface area (TPSA) is 82.1 Å². The molecule has 1 aliphatic carbocycles. The summed E-state index contributed by atoms with van der Waals surface area (Å²) in [6, 6.07) is 9.97. The molecule has 0 radical (unpaired) electrons. The fourth-order valence-electron chi connectivity index (χ4n) is 5.45. The van der Waals surface area contributed by atoms with Crippen LogP contribution in [0, 0.1) is 11.8 Å². The van der Waals surface area contributed by atoms with E-state index >= 15 is 0 Å². The molecule has 2 unspecified atom stereocenters. The lowest BCUT2D eigenvalue weighted by Crippen LogP contribution is -2.50. The molecule has 0 aromatic heterocycles. The first kappa shape index (κ1) is 25.8. The standard InChI is InChI=1S/C27H35NO6S/c1-17-9-10-21(23(15-17)34-18(2)29)26(30)28(20-11-13-33-14-12-20)22-16-24(19-7-5-4-6-8-19)35-25(22)27(31)32-3/h4-8,17,20-21,23-24H,9-16H2,1-3H3/t17-,21?,23+,24?/m1/s1. The van der Waals surface area contributed by atoms with Crippen LogP contribution in [0.4, 0.5) is 0 Å². The Morgan fingerprint density at radius 3 is 2.43 bits per heavy atom. The van der Waals surface area contributed by atoms with Crippen molar-refractivity contribution in [1.82, 2.24) is 4.90 Å². The monoisotopic (exact) mass is 501 g/mol. The van der Waals surface area contributed by atoms with Crippen molar-refractivity contribution in [1.29, 1.82) is 0 Å². The summed E-state index contributed by atoms with van der Waals surface area (Å²) >= 11 is 1.47. The van der Waals surface area contributed by atoms with Gasteiger partial charge in [0.15, 0.2) is 0 Å². The average molecular weight is 502 g/mol. The van der Waals surface area contributed by atoms with E-state index in [0.29, 0.717) is 56.1 Å². The van der Waals surface area contributed by atoms with Crippen LogP contribution in [0.25, 0.3) is 0 Å². The van der Waals surface area contributed by atoms with Gasteiger partial charge in [-0.25, -0.2) is 4.79 Å². The number of hydrogen-bond acceptors (Lipinski definition) is 7. The molecule has 1 aromatic rings. The van der Waals surface area contributed by atoms with Crippen LogP contribution in [-0.4, -0.2) is 55.2 Å². The molecule has 0 bridgehead atoms. The highest BCUT2D eigenvalue weighted by Crippen LogP contribution is 2.50. The molecule has 1 amide bonds. The summed E-state index contributed by atoms with van der Waals surface area (Å²) in [4.78, 5) is 41.4. The quantitative estimate of drug-likeness (QED) is 0.526. The normalized spacial score (nSPS) is 27.4. The number of esters is 2. The molecule has 2 heterocycles. The molecule has 190 valence electrons. The number of carbonyl (C=O) groups excluding carboxylic acids is 3. The van der Waals surface area contributed by atoms with Gasteiger partial charge >= 0.3 is 11.9 Å². The Bertz CT molecular complexity index is 958. The van der Waals surface area contributed by atoms with Gasteiger partial charge in [-0.1, -0.05) is 37.3 Å². The summed E-state index contributed by atoms with van der Waals surface area (Å²) in [6.07, 6.45) is 3.74. The van der Waals surface area contributed by atoms with Gasteiger partial charge in [0, 0.05) is 43.5 Å². The van der Waals surface area contributed by atoms with E-state index in [0.717, 1.165) is 17.7 Å². The number of benzene rings is 1. The molecule has 2 fully saturated rings. The first-order valence-corrected chi connectivity index (χ1v) is 13.4. The van der Waals surface area contributed by atoms with Crippen molar-refractivity contribution in [2.45, 2.75) is 69.8 Å². The predicted octanol–water partition coefficient (Wildman–Crippen LogP) is 4.62. The third-order valence-electron chi connectivity index (χ3n) is 7.22. The van der Waals surface area contributed by atoms with Crippen LogP contribution in [0.15, 0.2) is 40.9 Å². The second-order valence-corrected chi connectivity index (χ2v) is 10.9. The Hall–Kier alpha value is -2.32. The van der Waals surface area contributed by atoms with E-state index in [9.17, 15) is 14.4 Å². The Balaban J connectivity index is 1.70. The van der Waals surface area contributed by atoms with Crippen LogP contribution in [0.3, 0.4) is 0 Å². The first-order valence-electron chi connectivity index (χ1n) is 12.5. The molecule has 35 heavy (non-hydrogen) atoms. The number of allylic oxidation sites excluding steroid dienone is 1. The highest BCUT2D eigenvalue weighted by Gasteiger charge is 2.44. The number of thioether (sulfide) groups is 1. The van der Waals surface area contributed by atoms with Crippen molar-refractivity contribution in [3.8, 4) is 0 Å². The van der Waals surface area contributed by atoms with E-state index in [2.05, 4.69) is 19.1 Å². The van der Waals surface area contributed by atoms with Crippen molar-refractivity contribution in [2.75, 3.05) is 20.3 Å². The van der Waals surface area contributed by atoms with E-state index in [1.165, 1.54) is 25.8 Å². The average Bonchev–Trinajstić information content (AvgIpc) is 3.29. The first-order chi connectivity index (χ1) is 16.9. The van der Waals surface area contributed by atoms with Gasteiger partial charge in [-0.2, -0.15) is 0 Å². The third-order valence-corrected chi connectivity index (χ3v) is 8.58. The number of methoxy groups -OCH3 is 1. The lowest BCUT2D eigenvalue weighted by atomic mass is 9.79. The van der Waals surface area contributed by atoms with Gasteiger partial charge in [0.2, 0.25) is 5.91 Å². The van der Waals surface area contributed by atoms with Crippen LogP contribution in [0.5, 0.6) is 0 Å². The van der Waals surface area contributed by atoms with Crippen LogP contribution in [0.2, 0.25) is 0 Å². The van der Waals surface area contributed by atoms with Gasteiger partial charge in [-0.05, 0) is 43.6 Å².